The molecule has 0 aliphatic carbocycles. The first kappa shape index (κ1) is 12.6. The number of aryl methyl sites for hydroxylation is 3. The Kier molecular flexibility index (Phi) is 2.90. The van der Waals surface area contributed by atoms with E-state index in [0.717, 1.165) is 22.0 Å². The van der Waals surface area contributed by atoms with Gasteiger partial charge in [0.2, 0.25) is 0 Å². The summed E-state index contributed by atoms with van der Waals surface area (Å²) in [7, 11) is 0. The van der Waals surface area contributed by atoms with Crippen LogP contribution >= 0.6 is 0 Å². The van der Waals surface area contributed by atoms with Crippen LogP contribution in [-0.2, 0) is 0 Å². The van der Waals surface area contributed by atoms with E-state index in [9.17, 15) is 0 Å². The van der Waals surface area contributed by atoms with Crippen molar-refractivity contribution in [3.05, 3.63) is 53.1 Å². The molecule has 0 aliphatic heterocycles. The number of nitrogen functional groups attached to an aromatic ring is 1. The molecule has 3 nitrogen and oxygen atoms in total. The van der Waals surface area contributed by atoms with Crippen LogP contribution in [0, 0.1) is 20.8 Å². The minimum atomic E-state index is 0.478. The maximum atomic E-state index is 5.93. The van der Waals surface area contributed by atoms with Gasteiger partial charge in [-0.15, -0.1) is 10.2 Å². The molecular weight excluding hydrogens is 246 g/mol. The van der Waals surface area contributed by atoms with Crippen LogP contribution in [0.15, 0.2) is 36.4 Å². The topological polar surface area (TPSA) is 51.8 Å². The molecule has 0 saturated carbocycles. The molecule has 2 aromatic carbocycles. The van der Waals surface area contributed by atoms with Gasteiger partial charge >= 0.3 is 0 Å². The standard InChI is InChI=1S/C17H17N3/c1-10-8-11(2)15(12(3)9-10)16-13-6-4-5-7-14(13)17(18)20-19-16/h4-9H,1-3H3,(H2,18,20). The second-order valence-corrected chi connectivity index (χ2v) is 5.25. The van der Waals surface area contributed by atoms with Crippen molar-refractivity contribution in [2.24, 2.45) is 0 Å². The zero-order valence-electron chi connectivity index (χ0n) is 11.9. The van der Waals surface area contributed by atoms with E-state index >= 15 is 0 Å². The first-order chi connectivity index (χ1) is 9.58. The number of nitrogens with two attached hydrogens (primary N) is 1. The molecule has 100 valence electrons. The van der Waals surface area contributed by atoms with Gasteiger partial charge in [-0.05, 0) is 31.9 Å². The number of benzene rings is 2. The number of aromatic nitrogens is 2. The van der Waals surface area contributed by atoms with Gasteiger partial charge in [0, 0.05) is 16.3 Å². The SMILES string of the molecule is Cc1cc(C)c(-c2nnc(N)c3ccccc23)c(C)c1. The Balaban J connectivity index is 2.39. The van der Waals surface area contributed by atoms with E-state index in [4.69, 9.17) is 5.73 Å². The molecule has 0 unspecified atom stereocenters. The van der Waals surface area contributed by atoms with Crippen LogP contribution in [0.5, 0.6) is 0 Å². The fourth-order valence-corrected chi connectivity index (χ4v) is 2.86. The highest BCUT2D eigenvalue weighted by molar-refractivity contribution is 6.00. The fourth-order valence-electron chi connectivity index (χ4n) is 2.86. The molecule has 3 heteroatoms. The van der Waals surface area contributed by atoms with E-state index in [1.54, 1.807) is 0 Å². The molecule has 2 N–H and O–H groups in total. The Morgan fingerprint density at radius 1 is 0.850 bits per heavy atom. The lowest BCUT2D eigenvalue weighted by Gasteiger charge is -2.13. The summed E-state index contributed by atoms with van der Waals surface area (Å²) in [6.07, 6.45) is 0. The van der Waals surface area contributed by atoms with Crippen molar-refractivity contribution < 1.29 is 0 Å². The normalized spacial score (nSPS) is 10.9. The van der Waals surface area contributed by atoms with Crippen LogP contribution in [0.4, 0.5) is 5.82 Å². The van der Waals surface area contributed by atoms with Crippen LogP contribution in [0.2, 0.25) is 0 Å². The molecule has 0 radical (unpaired) electrons. The van der Waals surface area contributed by atoms with E-state index in [2.05, 4.69) is 49.2 Å². The van der Waals surface area contributed by atoms with Crippen LogP contribution in [0.3, 0.4) is 0 Å². The third-order valence-corrected chi connectivity index (χ3v) is 3.63. The van der Waals surface area contributed by atoms with Gasteiger partial charge in [0.15, 0.2) is 5.82 Å². The lowest BCUT2D eigenvalue weighted by atomic mass is 9.94. The molecule has 3 rings (SSSR count). The van der Waals surface area contributed by atoms with Gasteiger partial charge in [-0.25, -0.2) is 0 Å². The highest BCUT2D eigenvalue weighted by Crippen LogP contribution is 2.33. The number of rotatable bonds is 1. The summed E-state index contributed by atoms with van der Waals surface area (Å²) in [6, 6.07) is 12.4. The van der Waals surface area contributed by atoms with Crippen LogP contribution in [0.25, 0.3) is 22.0 Å². The predicted octanol–water partition coefficient (Wildman–Crippen LogP) is 3.80. The zero-order chi connectivity index (χ0) is 14.3. The fraction of sp³-hybridized carbons (Fsp3) is 0.176. The van der Waals surface area contributed by atoms with Gasteiger partial charge in [0.25, 0.3) is 0 Å². The quantitative estimate of drug-likeness (QED) is 0.726. The van der Waals surface area contributed by atoms with Crippen molar-refractivity contribution in [1.29, 1.82) is 0 Å². The molecule has 0 atom stereocenters. The van der Waals surface area contributed by atoms with Gasteiger partial charge in [0.05, 0.1) is 0 Å². The third-order valence-electron chi connectivity index (χ3n) is 3.63. The van der Waals surface area contributed by atoms with E-state index < -0.39 is 0 Å². The molecule has 0 saturated heterocycles. The molecule has 1 aromatic heterocycles. The molecule has 20 heavy (non-hydrogen) atoms. The Morgan fingerprint density at radius 2 is 1.45 bits per heavy atom. The van der Waals surface area contributed by atoms with Crippen molar-refractivity contribution in [2.45, 2.75) is 20.8 Å². The Morgan fingerprint density at radius 3 is 2.10 bits per heavy atom. The first-order valence-electron chi connectivity index (χ1n) is 6.67. The largest absolute Gasteiger partial charge is 0.382 e. The number of hydrogen-bond donors (Lipinski definition) is 1. The predicted molar refractivity (Wildman–Crippen MR) is 83.6 cm³/mol. The maximum absolute atomic E-state index is 5.93. The molecule has 0 fully saturated rings. The average molecular weight is 263 g/mol. The molecule has 0 bridgehead atoms. The summed E-state index contributed by atoms with van der Waals surface area (Å²) in [4.78, 5) is 0. The van der Waals surface area contributed by atoms with Crippen LogP contribution < -0.4 is 5.73 Å². The minimum absolute atomic E-state index is 0.478. The van der Waals surface area contributed by atoms with Gasteiger partial charge in [-0.2, -0.15) is 0 Å². The smallest absolute Gasteiger partial charge is 0.154 e. The van der Waals surface area contributed by atoms with Crippen molar-refractivity contribution >= 4 is 16.6 Å². The summed E-state index contributed by atoms with van der Waals surface area (Å²) < 4.78 is 0. The summed E-state index contributed by atoms with van der Waals surface area (Å²) in [5.74, 6) is 0.478. The van der Waals surface area contributed by atoms with E-state index in [1.165, 1.54) is 16.7 Å². The maximum Gasteiger partial charge on any atom is 0.154 e. The summed E-state index contributed by atoms with van der Waals surface area (Å²) in [5, 5.41) is 10.5. The Bertz CT molecular complexity index is 783. The Labute approximate surface area is 118 Å². The summed E-state index contributed by atoms with van der Waals surface area (Å²) >= 11 is 0. The van der Waals surface area contributed by atoms with Crippen molar-refractivity contribution in [1.82, 2.24) is 10.2 Å². The molecule has 0 amide bonds. The van der Waals surface area contributed by atoms with Crippen LogP contribution in [0.1, 0.15) is 16.7 Å². The molecule has 0 aliphatic rings. The van der Waals surface area contributed by atoms with Crippen molar-refractivity contribution in [3.8, 4) is 11.3 Å². The van der Waals surface area contributed by atoms with E-state index in [-0.39, 0.29) is 0 Å². The minimum Gasteiger partial charge on any atom is -0.382 e. The first-order valence-corrected chi connectivity index (χ1v) is 6.67. The summed E-state index contributed by atoms with van der Waals surface area (Å²) in [6.45, 7) is 6.33. The van der Waals surface area contributed by atoms with E-state index in [0.29, 0.717) is 5.82 Å². The highest BCUT2D eigenvalue weighted by Gasteiger charge is 2.13. The molecule has 3 aromatic rings. The monoisotopic (exact) mass is 263 g/mol. The molecular formula is C17H17N3. The molecule has 0 spiro atoms. The van der Waals surface area contributed by atoms with Gasteiger partial charge < -0.3 is 5.73 Å². The van der Waals surface area contributed by atoms with Gasteiger partial charge in [0.1, 0.15) is 5.69 Å². The van der Waals surface area contributed by atoms with Gasteiger partial charge in [-0.3, -0.25) is 0 Å². The highest BCUT2D eigenvalue weighted by atomic mass is 15.1. The van der Waals surface area contributed by atoms with Gasteiger partial charge in [-0.1, -0.05) is 42.0 Å². The zero-order valence-corrected chi connectivity index (χ0v) is 11.9. The van der Waals surface area contributed by atoms with Crippen molar-refractivity contribution in [2.75, 3.05) is 5.73 Å². The summed E-state index contributed by atoms with van der Waals surface area (Å²) in [5.41, 5.74) is 11.7. The number of hydrogen-bond acceptors (Lipinski definition) is 3. The number of fused-ring (bicyclic) bond motifs is 1. The Hall–Kier alpha value is -2.42. The second kappa shape index (κ2) is 4.60. The van der Waals surface area contributed by atoms with Crippen molar-refractivity contribution in [3.63, 3.8) is 0 Å². The second-order valence-electron chi connectivity index (χ2n) is 5.25. The number of anilines is 1. The average Bonchev–Trinajstić information content (AvgIpc) is 2.40. The third kappa shape index (κ3) is 1.92. The van der Waals surface area contributed by atoms with E-state index in [1.807, 2.05) is 18.2 Å². The number of nitrogens with zero attached hydrogens (tertiary/aromatic N) is 2. The lowest BCUT2D eigenvalue weighted by molar-refractivity contribution is 1.06. The lowest BCUT2D eigenvalue weighted by Crippen LogP contribution is -2.00. The van der Waals surface area contributed by atoms with Crippen LogP contribution in [-0.4, -0.2) is 10.2 Å². The molecule has 1 heterocycles.